The summed E-state index contributed by atoms with van der Waals surface area (Å²) in [6.07, 6.45) is -6.63. The van der Waals surface area contributed by atoms with Crippen molar-refractivity contribution in [1.29, 1.82) is 0 Å². The maximum Gasteiger partial charge on any atom is 0.416 e. The number of carbonyl (C=O) groups excluding carboxylic acids is 1. The molecule has 0 radical (unpaired) electrons. The first kappa shape index (κ1) is 15.0. The third-order valence-corrected chi connectivity index (χ3v) is 2.83. The topological polar surface area (TPSA) is 46.5 Å². The number of rotatable bonds is 3. The van der Waals surface area contributed by atoms with Crippen LogP contribution in [-0.2, 0) is 15.7 Å². The van der Waals surface area contributed by atoms with Crippen LogP contribution in [0.5, 0.6) is 0 Å². The number of benzene rings is 1. The molecule has 0 bridgehead atoms. The van der Waals surface area contributed by atoms with E-state index in [2.05, 4.69) is 20.7 Å². The quantitative estimate of drug-likeness (QED) is 0.868. The van der Waals surface area contributed by atoms with Crippen molar-refractivity contribution >= 4 is 21.9 Å². The summed E-state index contributed by atoms with van der Waals surface area (Å²) >= 11 is 2.89. The van der Waals surface area contributed by atoms with Crippen molar-refractivity contribution in [2.75, 3.05) is 6.61 Å². The summed E-state index contributed by atoms with van der Waals surface area (Å²) < 4.78 is 42.8. The summed E-state index contributed by atoms with van der Waals surface area (Å²) in [6, 6.07) is 3.28. The van der Waals surface area contributed by atoms with Crippen molar-refractivity contribution in [3.05, 3.63) is 33.8 Å². The highest BCUT2D eigenvalue weighted by Gasteiger charge is 2.37. The van der Waals surface area contributed by atoms with Gasteiger partial charge in [0.25, 0.3) is 0 Å². The van der Waals surface area contributed by atoms with Gasteiger partial charge in [-0.25, -0.2) is 4.79 Å². The van der Waals surface area contributed by atoms with E-state index < -0.39 is 29.4 Å². The number of alkyl halides is 3. The van der Waals surface area contributed by atoms with Gasteiger partial charge in [0.2, 0.25) is 0 Å². The lowest BCUT2D eigenvalue weighted by Gasteiger charge is -2.17. The zero-order valence-electron chi connectivity index (χ0n) is 9.29. The zero-order valence-corrected chi connectivity index (χ0v) is 10.9. The van der Waals surface area contributed by atoms with Crippen LogP contribution in [0.4, 0.5) is 13.2 Å². The Morgan fingerprint density at radius 3 is 2.61 bits per heavy atom. The number of esters is 1. The lowest BCUT2D eigenvalue weighted by molar-refractivity contribution is -0.155. The summed E-state index contributed by atoms with van der Waals surface area (Å²) in [4.78, 5) is 11.3. The molecule has 1 aromatic carbocycles. The van der Waals surface area contributed by atoms with E-state index in [0.29, 0.717) is 0 Å². The van der Waals surface area contributed by atoms with Gasteiger partial charge in [0.15, 0.2) is 6.10 Å². The van der Waals surface area contributed by atoms with Gasteiger partial charge in [0.05, 0.1) is 12.2 Å². The first-order valence-corrected chi connectivity index (χ1v) is 5.78. The lowest BCUT2D eigenvalue weighted by atomic mass is 10.0. The molecule has 0 aliphatic rings. The number of aliphatic hydroxyl groups is 1. The first-order chi connectivity index (χ1) is 8.29. The Morgan fingerprint density at radius 1 is 1.50 bits per heavy atom. The molecular weight excluding hydrogens is 317 g/mol. The van der Waals surface area contributed by atoms with E-state index >= 15 is 0 Å². The van der Waals surface area contributed by atoms with Gasteiger partial charge in [0, 0.05) is 10.0 Å². The largest absolute Gasteiger partial charge is 0.464 e. The van der Waals surface area contributed by atoms with Gasteiger partial charge in [-0.05, 0) is 19.1 Å². The van der Waals surface area contributed by atoms with Crippen LogP contribution in [0, 0.1) is 0 Å². The fraction of sp³-hybridized carbons (Fsp3) is 0.364. The molecule has 0 aliphatic carbocycles. The second kappa shape index (κ2) is 5.71. The predicted octanol–water partition coefficient (Wildman–Crippen LogP) is 3.06. The van der Waals surface area contributed by atoms with Gasteiger partial charge in [-0.3, -0.25) is 0 Å². The highest BCUT2D eigenvalue weighted by atomic mass is 79.9. The molecule has 0 aliphatic heterocycles. The van der Waals surface area contributed by atoms with Crippen LogP contribution in [0.25, 0.3) is 0 Å². The first-order valence-electron chi connectivity index (χ1n) is 4.99. The zero-order chi connectivity index (χ0) is 13.9. The van der Waals surface area contributed by atoms with Crippen LogP contribution in [0.2, 0.25) is 0 Å². The standard InChI is InChI=1S/C11H10BrF3O3/c1-2-18-10(17)9(16)8-6(11(13,14)15)4-3-5-7(8)12/h3-5,9,16H,2H2,1H3. The summed E-state index contributed by atoms with van der Waals surface area (Å²) in [7, 11) is 0. The van der Waals surface area contributed by atoms with Crippen LogP contribution in [-0.4, -0.2) is 17.7 Å². The third-order valence-electron chi connectivity index (χ3n) is 2.14. The van der Waals surface area contributed by atoms with E-state index in [4.69, 9.17) is 0 Å². The van der Waals surface area contributed by atoms with Crippen molar-refractivity contribution in [1.82, 2.24) is 0 Å². The number of halogens is 4. The van der Waals surface area contributed by atoms with Crippen molar-refractivity contribution < 1.29 is 27.8 Å². The van der Waals surface area contributed by atoms with E-state index in [9.17, 15) is 23.1 Å². The van der Waals surface area contributed by atoms with E-state index in [1.54, 1.807) is 0 Å². The van der Waals surface area contributed by atoms with Gasteiger partial charge < -0.3 is 9.84 Å². The molecule has 18 heavy (non-hydrogen) atoms. The SMILES string of the molecule is CCOC(=O)C(O)c1c(Br)cccc1C(F)(F)F. The molecular formula is C11H10BrF3O3. The second-order valence-electron chi connectivity index (χ2n) is 3.35. The molecule has 1 unspecified atom stereocenters. The smallest absolute Gasteiger partial charge is 0.416 e. The molecule has 0 aromatic heterocycles. The summed E-state index contributed by atoms with van der Waals surface area (Å²) in [5.41, 5.74) is -1.61. The van der Waals surface area contributed by atoms with Gasteiger partial charge in [-0.1, -0.05) is 22.0 Å². The highest BCUT2D eigenvalue weighted by Crippen LogP contribution is 2.38. The molecule has 7 heteroatoms. The summed E-state index contributed by atoms with van der Waals surface area (Å²) in [5, 5.41) is 9.64. The average molecular weight is 327 g/mol. The second-order valence-corrected chi connectivity index (χ2v) is 4.21. The van der Waals surface area contributed by atoms with Gasteiger partial charge in [-0.15, -0.1) is 0 Å². The molecule has 1 rings (SSSR count). The van der Waals surface area contributed by atoms with E-state index in [0.717, 1.165) is 6.07 Å². The van der Waals surface area contributed by atoms with Crippen LogP contribution in [0.3, 0.4) is 0 Å². The molecule has 1 aromatic rings. The van der Waals surface area contributed by atoms with Crippen LogP contribution in [0.15, 0.2) is 22.7 Å². The van der Waals surface area contributed by atoms with Crippen molar-refractivity contribution in [2.45, 2.75) is 19.2 Å². The maximum absolute atomic E-state index is 12.8. The van der Waals surface area contributed by atoms with E-state index in [-0.39, 0.29) is 11.1 Å². The lowest BCUT2D eigenvalue weighted by Crippen LogP contribution is -2.20. The Labute approximate surface area is 110 Å². The molecule has 0 fully saturated rings. The number of hydrogen-bond acceptors (Lipinski definition) is 3. The minimum absolute atomic E-state index is 0.00196. The molecule has 1 atom stereocenters. The summed E-state index contributed by atoms with van der Waals surface area (Å²) in [6.45, 7) is 1.47. The van der Waals surface area contributed by atoms with Gasteiger partial charge in [0.1, 0.15) is 0 Å². The molecule has 0 amide bonds. The van der Waals surface area contributed by atoms with Crippen LogP contribution < -0.4 is 0 Å². The average Bonchev–Trinajstić information content (AvgIpc) is 2.27. The van der Waals surface area contributed by atoms with Crippen molar-refractivity contribution in [2.24, 2.45) is 0 Å². The minimum atomic E-state index is -4.66. The van der Waals surface area contributed by atoms with Crippen LogP contribution >= 0.6 is 15.9 Å². The fourth-order valence-electron chi connectivity index (χ4n) is 1.40. The fourth-order valence-corrected chi connectivity index (χ4v) is 1.98. The third kappa shape index (κ3) is 3.23. The van der Waals surface area contributed by atoms with Gasteiger partial charge >= 0.3 is 12.1 Å². The summed E-state index contributed by atoms with van der Waals surface area (Å²) in [5.74, 6) is -1.12. The van der Waals surface area contributed by atoms with Gasteiger partial charge in [-0.2, -0.15) is 13.2 Å². The number of ether oxygens (including phenoxy) is 1. The number of carbonyl (C=O) groups is 1. The Balaban J connectivity index is 3.26. The van der Waals surface area contributed by atoms with Crippen LogP contribution in [0.1, 0.15) is 24.2 Å². The molecule has 0 spiro atoms. The minimum Gasteiger partial charge on any atom is -0.464 e. The molecule has 100 valence electrons. The molecule has 0 saturated heterocycles. The van der Waals surface area contributed by atoms with Crippen molar-refractivity contribution in [3.63, 3.8) is 0 Å². The molecule has 3 nitrogen and oxygen atoms in total. The van der Waals surface area contributed by atoms with E-state index in [1.165, 1.54) is 19.1 Å². The Bertz CT molecular complexity index is 446. The van der Waals surface area contributed by atoms with E-state index in [1.807, 2.05) is 0 Å². The Kier molecular flexibility index (Phi) is 4.75. The maximum atomic E-state index is 12.8. The molecule has 0 saturated carbocycles. The molecule has 1 N–H and O–H groups in total. The normalized spacial score (nSPS) is 13.2. The Hall–Kier alpha value is -1.08. The number of aliphatic hydroxyl groups excluding tert-OH is 1. The van der Waals surface area contributed by atoms with Crippen molar-refractivity contribution in [3.8, 4) is 0 Å². The monoisotopic (exact) mass is 326 g/mol. The molecule has 0 heterocycles. The number of hydrogen-bond donors (Lipinski definition) is 1. The predicted molar refractivity (Wildman–Crippen MR) is 60.7 cm³/mol. The highest BCUT2D eigenvalue weighted by molar-refractivity contribution is 9.10. The Morgan fingerprint density at radius 2 is 2.11 bits per heavy atom.